The van der Waals surface area contributed by atoms with Crippen molar-refractivity contribution in [3.8, 4) is 11.5 Å². The standard InChI is InChI=1S/C15H21NO2/c1-3-15(2)11(9-14(15)16)10-4-5-12-13(8-10)18-7-6-17-12/h4-5,8,11,14H,3,6-7,9,16H2,1-2H3. The van der Waals surface area contributed by atoms with Crippen molar-refractivity contribution in [2.45, 2.75) is 38.6 Å². The number of hydrogen-bond donors (Lipinski definition) is 1. The molecule has 0 amide bonds. The minimum absolute atomic E-state index is 0.226. The van der Waals surface area contributed by atoms with Crippen LogP contribution in [0.5, 0.6) is 11.5 Å². The van der Waals surface area contributed by atoms with Crippen molar-refractivity contribution in [3.63, 3.8) is 0 Å². The molecule has 3 atom stereocenters. The first-order valence-electron chi connectivity index (χ1n) is 6.80. The molecule has 1 saturated carbocycles. The van der Waals surface area contributed by atoms with Gasteiger partial charge in [-0.15, -0.1) is 0 Å². The topological polar surface area (TPSA) is 44.5 Å². The largest absolute Gasteiger partial charge is 0.486 e. The van der Waals surface area contributed by atoms with E-state index in [-0.39, 0.29) is 5.41 Å². The maximum Gasteiger partial charge on any atom is 0.161 e. The van der Waals surface area contributed by atoms with E-state index >= 15 is 0 Å². The molecule has 98 valence electrons. The fourth-order valence-corrected chi connectivity index (χ4v) is 3.19. The average molecular weight is 247 g/mol. The van der Waals surface area contributed by atoms with Crippen molar-refractivity contribution in [2.24, 2.45) is 11.1 Å². The summed E-state index contributed by atoms with van der Waals surface area (Å²) in [5.41, 5.74) is 7.74. The second kappa shape index (κ2) is 4.16. The van der Waals surface area contributed by atoms with E-state index in [0.29, 0.717) is 25.2 Å². The average Bonchev–Trinajstić information content (AvgIpc) is 2.43. The zero-order chi connectivity index (χ0) is 12.8. The van der Waals surface area contributed by atoms with Crippen LogP contribution in [-0.2, 0) is 0 Å². The van der Waals surface area contributed by atoms with Gasteiger partial charge >= 0.3 is 0 Å². The van der Waals surface area contributed by atoms with E-state index in [1.807, 2.05) is 6.07 Å². The lowest BCUT2D eigenvalue weighted by Gasteiger charge is -2.53. The fourth-order valence-electron chi connectivity index (χ4n) is 3.19. The van der Waals surface area contributed by atoms with Crippen LogP contribution in [0.15, 0.2) is 18.2 Å². The highest BCUT2D eigenvalue weighted by molar-refractivity contribution is 5.46. The summed E-state index contributed by atoms with van der Waals surface area (Å²) < 4.78 is 11.2. The summed E-state index contributed by atoms with van der Waals surface area (Å²) in [6.07, 6.45) is 2.19. The Labute approximate surface area is 108 Å². The minimum Gasteiger partial charge on any atom is -0.486 e. The molecule has 0 bridgehead atoms. The highest BCUT2D eigenvalue weighted by atomic mass is 16.6. The lowest BCUT2D eigenvalue weighted by Crippen LogP contribution is -2.54. The maximum atomic E-state index is 6.18. The molecule has 18 heavy (non-hydrogen) atoms. The summed E-state index contributed by atoms with van der Waals surface area (Å²) in [6, 6.07) is 6.65. The third-order valence-electron chi connectivity index (χ3n) is 4.86. The van der Waals surface area contributed by atoms with Crippen LogP contribution in [0.4, 0.5) is 0 Å². The monoisotopic (exact) mass is 247 g/mol. The van der Waals surface area contributed by atoms with E-state index in [2.05, 4.69) is 26.0 Å². The van der Waals surface area contributed by atoms with Crippen LogP contribution in [-0.4, -0.2) is 19.3 Å². The summed E-state index contributed by atoms with van der Waals surface area (Å²) in [4.78, 5) is 0. The van der Waals surface area contributed by atoms with Crippen LogP contribution in [0.1, 0.15) is 38.2 Å². The van der Waals surface area contributed by atoms with Gasteiger partial charge in [-0.1, -0.05) is 19.9 Å². The van der Waals surface area contributed by atoms with Crippen molar-refractivity contribution in [1.82, 2.24) is 0 Å². The third kappa shape index (κ3) is 1.61. The smallest absolute Gasteiger partial charge is 0.161 e. The predicted molar refractivity (Wildman–Crippen MR) is 71.2 cm³/mol. The van der Waals surface area contributed by atoms with Gasteiger partial charge in [0.2, 0.25) is 0 Å². The molecule has 0 aromatic heterocycles. The van der Waals surface area contributed by atoms with Crippen LogP contribution >= 0.6 is 0 Å². The first-order chi connectivity index (χ1) is 8.65. The molecule has 1 aliphatic heterocycles. The first kappa shape index (κ1) is 11.8. The number of hydrogen-bond acceptors (Lipinski definition) is 3. The molecule has 1 fully saturated rings. The number of benzene rings is 1. The molecule has 3 nitrogen and oxygen atoms in total. The molecule has 2 N–H and O–H groups in total. The number of ether oxygens (including phenoxy) is 2. The molecule has 1 heterocycles. The Morgan fingerprint density at radius 1 is 1.28 bits per heavy atom. The third-order valence-corrected chi connectivity index (χ3v) is 4.86. The van der Waals surface area contributed by atoms with E-state index in [4.69, 9.17) is 15.2 Å². The lowest BCUT2D eigenvalue weighted by molar-refractivity contribution is 0.0701. The van der Waals surface area contributed by atoms with E-state index in [1.165, 1.54) is 5.56 Å². The van der Waals surface area contributed by atoms with E-state index < -0.39 is 0 Å². The van der Waals surface area contributed by atoms with Gasteiger partial charge < -0.3 is 15.2 Å². The first-order valence-corrected chi connectivity index (χ1v) is 6.80. The van der Waals surface area contributed by atoms with Crippen LogP contribution in [0, 0.1) is 5.41 Å². The second-order valence-corrected chi connectivity index (χ2v) is 5.66. The van der Waals surface area contributed by atoms with Gasteiger partial charge in [-0.3, -0.25) is 0 Å². The number of nitrogens with two attached hydrogens (primary N) is 1. The summed E-state index contributed by atoms with van der Waals surface area (Å²) in [5.74, 6) is 2.30. The molecule has 0 spiro atoms. The number of rotatable bonds is 2. The summed E-state index contributed by atoms with van der Waals surface area (Å²) in [5, 5.41) is 0. The van der Waals surface area contributed by atoms with Gasteiger partial charge in [0.25, 0.3) is 0 Å². The molecular formula is C15H21NO2. The van der Waals surface area contributed by atoms with Crippen molar-refractivity contribution in [2.75, 3.05) is 13.2 Å². The summed E-state index contributed by atoms with van der Waals surface area (Å²) in [7, 11) is 0. The zero-order valence-electron chi connectivity index (χ0n) is 11.1. The molecule has 1 aromatic rings. The van der Waals surface area contributed by atoms with Crippen LogP contribution in [0.25, 0.3) is 0 Å². The quantitative estimate of drug-likeness (QED) is 0.874. The molecule has 0 radical (unpaired) electrons. The Morgan fingerprint density at radius 3 is 2.67 bits per heavy atom. The van der Waals surface area contributed by atoms with Crippen molar-refractivity contribution in [3.05, 3.63) is 23.8 Å². The highest BCUT2D eigenvalue weighted by Gasteiger charge is 2.48. The molecular weight excluding hydrogens is 226 g/mol. The van der Waals surface area contributed by atoms with Gasteiger partial charge in [-0.05, 0) is 41.9 Å². The van der Waals surface area contributed by atoms with E-state index in [9.17, 15) is 0 Å². The Balaban J connectivity index is 1.89. The van der Waals surface area contributed by atoms with Gasteiger partial charge in [-0.2, -0.15) is 0 Å². The van der Waals surface area contributed by atoms with Gasteiger partial charge in [0, 0.05) is 6.04 Å². The molecule has 1 aliphatic carbocycles. The Morgan fingerprint density at radius 2 is 2.00 bits per heavy atom. The summed E-state index contributed by atoms with van der Waals surface area (Å²) >= 11 is 0. The second-order valence-electron chi connectivity index (χ2n) is 5.66. The van der Waals surface area contributed by atoms with Gasteiger partial charge in [0.05, 0.1) is 0 Å². The fraction of sp³-hybridized carbons (Fsp3) is 0.600. The van der Waals surface area contributed by atoms with Crippen LogP contribution < -0.4 is 15.2 Å². The molecule has 3 heteroatoms. The Kier molecular flexibility index (Phi) is 2.74. The Hall–Kier alpha value is -1.22. The van der Waals surface area contributed by atoms with Crippen molar-refractivity contribution >= 4 is 0 Å². The maximum absolute atomic E-state index is 6.18. The highest BCUT2D eigenvalue weighted by Crippen LogP contribution is 2.54. The van der Waals surface area contributed by atoms with E-state index in [1.54, 1.807) is 0 Å². The number of fused-ring (bicyclic) bond motifs is 1. The molecule has 3 unspecified atom stereocenters. The van der Waals surface area contributed by atoms with Crippen LogP contribution in [0.3, 0.4) is 0 Å². The molecule has 2 aliphatic rings. The van der Waals surface area contributed by atoms with Crippen molar-refractivity contribution < 1.29 is 9.47 Å². The van der Waals surface area contributed by atoms with Gasteiger partial charge in [0.1, 0.15) is 13.2 Å². The SMILES string of the molecule is CCC1(C)C(N)CC1c1ccc2c(c1)OCCO2. The molecule has 1 aromatic carbocycles. The zero-order valence-corrected chi connectivity index (χ0v) is 11.1. The van der Waals surface area contributed by atoms with Gasteiger partial charge in [-0.25, -0.2) is 0 Å². The Bertz CT molecular complexity index is 460. The lowest BCUT2D eigenvalue weighted by atomic mass is 9.54. The minimum atomic E-state index is 0.226. The predicted octanol–water partition coefficient (Wildman–Crippen LogP) is 2.69. The normalized spacial score (nSPS) is 33.9. The summed E-state index contributed by atoms with van der Waals surface area (Å²) in [6.45, 7) is 5.81. The molecule has 3 rings (SSSR count). The molecule has 0 saturated heterocycles. The van der Waals surface area contributed by atoms with Gasteiger partial charge in [0.15, 0.2) is 11.5 Å². The van der Waals surface area contributed by atoms with Crippen molar-refractivity contribution in [1.29, 1.82) is 0 Å². The van der Waals surface area contributed by atoms with Crippen LogP contribution in [0.2, 0.25) is 0 Å². The van der Waals surface area contributed by atoms with E-state index in [0.717, 1.165) is 24.3 Å².